The molecule has 88 valence electrons. The molecule has 0 aliphatic heterocycles. The van der Waals surface area contributed by atoms with Crippen LogP contribution in [0.5, 0.6) is 0 Å². The van der Waals surface area contributed by atoms with Gasteiger partial charge in [0.25, 0.3) is 5.91 Å². The van der Waals surface area contributed by atoms with Gasteiger partial charge in [0, 0.05) is 11.9 Å². The van der Waals surface area contributed by atoms with Gasteiger partial charge >= 0.3 is 5.97 Å². The number of amides is 1. The average Bonchev–Trinajstić information content (AvgIpc) is 2.71. The normalized spacial score (nSPS) is 11.9. The minimum absolute atomic E-state index is 0.218. The number of aliphatic hydroxyl groups is 1. The molecule has 1 unspecified atom stereocenters. The molecule has 0 radical (unpaired) electrons. The van der Waals surface area contributed by atoms with Gasteiger partial charge in [0.1, 0.15) is 5.69 Å². The highest BCUT2D eigenvalue weighted by Crippen LogP contribution is 2.03. The van der Waals surface area contributed by atoms with Crippen molar-refractivity contribution in [3.05, 3.63) is 18.0 Å². The maximum absolute atomic E-state index is 11.4. The molecule has 0 saturated carbocycles. The van der Waals surface area contributed by atoms with Crippen molar-refractivity contribution in [3.63, 3.8) is 0 Å². The first-order valence-corrected chi connectivity index (χ1v) is 4.52. The minimum atomic E-state index is -1.37. The fourth-order valence-electron chi connectivity index (χ4n) is 1.05. The third kappa shape index (κ3) is 2.99. The number of anilines is 1. The number of rotatable bonds is 4. The Balaban J connectivity index is 2.44. The van der Waals surface area contributed by atoms with Crippen LogP contribution in [0.1, 0.15) is 10.5 Å². The van der Waals surface area contributed by atoms with Crippen LogP contribution in [-0.2, 0) is 9.53 Å². The number of nitrogens with one attached hydrogen (secondary N) is 2. The number of carbonyl (C=O) groups is 2. The zero-order valence-electron chi connectivity index (χ0n) is 8.69. The van der Waals surface area contributed by atoms with Crippen LogP contribution in [0.4, 0.5) is 5.69 Å². The first-order chi connectivity index (χ1) is 7.54. The molecular formula is C9H13N3O4. The number of carbonyl (C=O) groups excluding carboxylic acids is 2. The Bertz CT molecular complexity index is 388. The van der Waals surface area contributed by atoms with Crippen LogP contribution in [0, 0.1) is 0 Å². The predicted octanol–water partition coefficient (Wildman–Crippen LogP) is -1.14. The lowest BCUT2D eigenvalue weighted by molar-refractivity contribution is -0.149. The number of aromatic nitrogens is 1. The minimum Gasteiger partial charge on any atom is -0.467 e. The van der Waals surface area contributed by atoms with Crippen molar-refractivity contribution in [2.75, 3.05) is 19.4 Å². The van der Waals surface area contributed by atoms with Crippen LogP contribution in [0.3, 0.4) is 0 Å². The van der Waals surface area contributed by atoms with E-state index >= 15 is 0 Å². The summed E-state index contributed by atoms with van der Waals surface area (Å²) >= 11 is 0. The van der Waals surface area contributed by atoms with Gasteiger partial charge in [-0.1, -0.05) is 0 Å². The zero-order valence-corrected chi connectivity index (χ0v) is 8.69. The van der Waals surface area contributed by atoms with Gasteiger partial charge in [-0.15, -0.1) is 0 Å². The monoisotopic (exact) mass is 227 g/mol. The maximum atomic E-state index is 11.4. The molecule has 0 fully saturated rings. The fourth-order valence-corrected chi connectivity index (χ4v) is 1.05. The Labute approximate surface area is 91.6 Å². The molecule has 0 aliphatic carbocycles. The smallest absolute Gasteiger partial charge is 0.336 e. The molecular weight excluding hydrogens is 214 g/mol. The lowest BCUT2D eigenvalue weighted by Crippen LogP contribution is -2.37. The number of aromatic amines is 1. The Morgan fingerprint density at radius 2 is 2.38 bits per heavy atom. The quantitative estimate of drug-likeness (QED) is 0.485. The Kier molecular flexibility index (Phi) is 3.90. The summed E-state index contributed by atoms with van der Waals surface area (Å²) in [5.74, 6) is -1.26. The van der Waals surface area contributed by atoms with E-state index in [1.165, 1.54) is 12.3 Å². The molecule has 7 heteroatoms. The lowest BCUT2D eigenvalue weighted by Gasteiger charge is -2.08. The molecule has 0 saturated heterocycles. The Morgan fingerprint density at radius 1 is 1.69 bits per heavy atom. The van der Waals surface area contributed by atoms with Crippen LogP contribution >= 0.6 is 0 Å². The summed E-state index contributed by atoms with van der Waals surface area (Å²) in [7, 11) is 1.15. The van der Waals surface area contributed by atoms with Crippen LogP contribution < -0.4 is 11.1 Å². The van der Waals surface area contributed by atoms with E-state index in [-0.39, 0.29) is 12.2 Å². The van der Waals surface area contributed by atoms with E-state index in [9.17, 15) is 14.7 Å². The Hall–Kier alpha value is -2.02. The predicted molar refractivity (Wildman–Crippen MR) is 55.6 cm³/mol. The maximum Gasteiger partial charge on any atom is 0.336 e. The molecule has 0 aliphatic rings. The van der Waals surface area contributed by atoms with Crippen molar-refractivity contribution in [3.8, 4) is 0 Å². The molecule has 1 aromatic rings. The first kappa shape index (κ1) is 12.1. The molecule has 5 N–H and O–H groups in total. The highest BCUT2D eigenvalue weighted by Gasteiger charge is 2.17. The number of esters is 1. The molecule has 16 heavy (non-hydrogen) atoms. The summed E-state index contributed by atoms with van der Waals surface area (Å²) in [6.07, 6.45) is 0.0901. The molecule has 1 rings (SSSR count). The largest absolute Gasteiger partial charge is 0.467 e. The van der Waals surface area contributed by atoms with Gasteiger partial charge in [-0.3, -0.25) is 4.79 Å². The van der Waals surface area contributed by atoms with E-state index in [1.807, 2.05) is 0 Å². The number of nitrogen functional groups attached to an aromatic ring is 1. The number of ether oxygens (including phenoxy) is 1. The van der Waals surface area contributed by atoms with E-state index in [0.717, 1.165) is 7.11 Å². The van der Waals surface area contributed by atoms with Gasteiger partial charge in [0.05, 0.1) is 13.7 Å². The zero-order chi connectivity index (χ0) is 12.1. The van der Waals surface area contributed by atoms with Crippen molar-refractivity contribution in [2.24, 2.45) is 0 Å². The van der Waals surface area contributed by atoms with E-state index < -0.39 is 18.0 Å². The van der Waals surface area contributed by atoms with Gasteiger partial charge in [-0.25, -0.2) is 4.79 Å². The van der Waals surface area contributed by atoms with Gasteiger partial charge in [-0.2, -0.15) is 0 Å². The third-order valence-corrected chi connectivity index (χ3v) is 1.88. The summed E-state index contributed by atoms with van der Waals surface area (Å²) < 4.78 is 4.29. The van der Waals surface area contributed by atoms with Crippen molar-refractivity contribution in [1.82, 2.24) is 10.3 Å². The molecule has 1 amide bonds. The molecule has 0 spiro atoms. The van der Waals surface area contributed by atoms with Crippen molar-refractivity contribution in [2.45, 2.75) is 6.10 Å². The third-order valence-electron chi connectivity index (χ3n) is 1.88. The molecule has 0 bridgehead atoms. The number of methoxy groups -OCH3 is 1. The van der Waals surface area contributed by atoms with E-state index in [0.29, 0.717) is 5.69 Å². The summed E-state index contributed by atoms with van der Waals surface area (Å²) in [6.45, 7) is -0.218. The van der Waals surface area contributed by atoms with Crippen molar-refractivity contribution in [1.29, 1.82) is 0 Å². The second-order valence-electron chi connectivity index (χ2n) is 3.10. The van der Waals surface area contributed by atoms with Crippen molar-refractivity contribution >= 4 is 17.6 Å². The number of aliphatic hydroxyl groups excluding tert-OH is 1. The van der Waals surface area contributed by atoms with Gasteiger partial charge < -0.3 is 25.9 Å². The molecule has 1 heterocycles. The average molecular weight is 227 g/mol. The topological polar surface area (TPSA) is 117 Å². The fraction of sp³-hybridized carbons (Fsp3) is 0.333. The summed E-state index contributed by atoms with van der Waals surface area (Å²) in [5, 5.41) is 11.5. The van der Waals surface area contributed by atoms with Crippen LogP contribution in [0.2, 0.25) is 0 Å². The Morgan fingerprint density at radius 3 is 2.88 bits per heavy atom. The highest BCUT2D eigenvalue weighted by molar-refractivity contribution is 5.93. The van der Waals surface area contributed by atoms with Gasteiger partial charge in [0.2, 0.25) is 0 Å². The SMILES string of the molecule is COC(=O)C(O)CNC(=O)c1cc(N)c[nH]1. The van der Waals surface area contributed by atoms with E-state index in [2.05, 4.69) is 15.0 Å². The number of nitrogens with two attached hydrogens (primary N) is 1. The number of hydrogen-bond acceptors (Lipinski definition) is 5. The number of H-pyrrole nitrogens is 1. The summed E-state index contributed by atoms with van der Waals surface area (Å²) in [4.78, 5) is 24.9. The van der Waals surface area contributed by atoms with Crippen LogP contribution in [0.25, 0.3) is 0 Å². The summed E-state index contributed by atoms with van der Waals surface area (Å²) in [5.41, 5.74) is 6.10. The first-order valence-electron chi connectivity index (χ1n) is 4.52. The van der Waals surface area contributed by atoms with Crippen LogP contribution in [0.15, 0.2) is 12.3 Å². The molecule has 0 aromatic carbocycles. The summed E-state index contributed by atoms with van der Waals surface area (Å²) in [6, 6.07) is 1.44. The lowest BCUT2D eigenvalue weighted by atomic mass is 10.3. The van der Waals surface area contributed by atoms with Crippen molar-refractivity contribution < 1.29 is 19.4 Å². The van der Waals surface area contributed by atoms with Gasteiger partial charge in [0.15, 0.2) is 6.10 Å². The standard InChI is InChI=1S/C9H13N3O4/c1-16-9(15)7(13)4-12-8(14)6-2-5(10)3-11-6/h2-3,7,11,13H,4,10H2,1H3,(H,12,14). The number of hydrogen-bond donors (Lipinski definition) is 4. The molecule has 1 atom stereocenters. The molecule has 7 nitrogen and oxygen atoms in total. The van der Waals surface area contributed by atoms with E-state index in [4.69, 9.17) is 5.73 Å². The highest BCUT2D eigenvalue weighted by atomic mass is 16.5. The van der Waals surface area contributed by atoms with Gasteiger partial charge in [-0.05, 0) is 6.07 Å². The second-order valence-corrected chi connectivity index (χ2v) is 3.10. The van der Waals surface area contributed by atoms with E-state index in [1.54, 1.807) is 0 Å². The molecule has 1 aromatic heterocycles. The second kappa shape index (κ2) is 5.17. The van der Waals surface area contributed by atoms with Crippen LogP contribution in [-0.4, -0.2) is 41.7 Å².